The van der Waals surface area contributed by atoms with E-state index in [1.54, 1.807) is 7.11 Å². The molecule has 29 heavy (non-hydrogen) atoms. The molecule has 1 atom stereocenters. The van der Waals surface area contributed by atoms with Crippen molar-refractivity contribution in [2.24, 2.45) is 0 Å². The van der Waals surface area contributed by atoms with Crippen molar-refractivity contribution in [1.29, 1.82) is 0 Å². The molecule has 2 aromatic rings. The highest BCUT2D eigenvalue weighted by molar-refractivity contribution is 5.76. The predicted octanol–water partition coefficient (Wildman–Crippen LogP) is 3.16. The molecule has 1 aromatic carbocycles. The number of amides is 1. The molecule has 0 N–H and O–H groups in total. The number of benzene rings is 1. The zero-order chi connectivity index (χ0) is 20.2. The minimum atomic E-state index is 0.197. The van der Waals surface area contributed by atoms with E-state index in [1.165, 1.54) is 12.8 Å². The zero-order valence-corrected chi connectivity index (χ0v) is 17.4. The Morgan fingerprint density at radius 2 is 2.03 bits per heavy atom. The highest BCUT2D eigenvalue weighted by Crippen LogP contribution is 2.28. The lowest BCUT2D eigenvalue weighted by atomic mass is 10.0. The highest BCUT2D eigenvalue weighted by atomic mass is 16.5. The summed E-state index contributed by atoms with van der Waals surface area (Å²) in [7, 11) is 3.82. The lowest BCUT2D eigenvalue weighted by molar-refractivity contribution is -0.132. The van der Waals surface area contributed by atoms with E-state index in [9.17, 15) is 4.79 Å². The summed E-state index contributed by atoms with van der Waals surface area (Å²) in [5.41, 5.74) is 3.37. The Labute approximate surface area is 172 Å². The molecule has 1 saturated heterocycles. The molecule has 6 nitrogen and oxygen atoms in total. The molecule has 0 radical (unpaired) electrons. The van der Waals surface area contributed by atoms with Crippen molar-refractivity contribution in [2.45, 2.75) is 51.1 Å². The van der Waals surface area contributed by atoms with Crippen molar-refractivity contribution in [3.05, 3.63) is 53.1 Å². The van der Waals surface area contributed by atoms with Crippen molar-refractivity contribution >= 4 is 5.91 Å². The first-order chi connectivity index (χ1) is 14.1. The number of nitrogens with zero attached hydrogens (tertiary/aromatic N) is 4. The fraction of sp³-hybridized carbons (Fsp3) is 0.522. The highest BCUT2D eigenvalue weighted by Gasteiger charge is 2.26. The molecular formula is C23H30N4O2. The van der Waals surface area contributed by atoms with Crippen LogP contribution in [0.5, 0.6) is 5.75 Å². The fourth-order valence-corrected chi connectivity index (χ4v) is 4.31. The molecule has 1 aromatic heterocycles. The largest absolute Gasteiger partial charge is 0.497 e. The van der Waals surface area contributed by atoms with E-state index in [2.05, 4.69) is 16.9 Å². The lowest BCUT2D eigenvalue weighted by Gasteiger charge is -2.33. The third kappa shape index (κ3) is 4.58. The fourth-order valence-electron chi connectivity index (χ4n) is 4.31. The first kappa shape index (κ1) is 19.8. The summed E-state index contributed by atoms with van der Waals surface area (Å²) >= 11 is 0. The number of aromatic nitrogens is 2. The molecule has 6 heteroatoms. The molecule has 2 aliphatic heterocycles. The van der Waals surface area contributed by atoms with Crippen LogP contribution in [0.15, 0.2) is 30.5 Å². The topological polar surface area (TPSA) is 58.6 Å². The Balaban J connectivity index is 1.36. The third-order valence-corrected chi connectivity index (χ3v) is 6.16. The maximum atomic E-state index is 12.7. The number of methoxy groups -OCH3 is 1. The van der Waals surface area contributed by atoms with Gasteiger partial charge in [0.05, 0.1) is 18.8 Å². The predicted molar refractivity (Wildman–Crippen MR) is 112 cm³/mol. The molecule has 154 valence electrons. The van der Waals surface area contributed by atoms with Crippen LogP contribution >= 0.6 is 0 Å². The second-order valence-corrected chi connectivity index (χ2v) is 8.11. The molecule has 1 fully saturated rings. The van der Waals surface area contributed by atoms with Crippen molar-refractivity contribution in [1.82, 2.24) is 19.8 Å². The number of ether oxygens (including phenoxy) is 1. The van der Waals surface area contributed by atoms with Crippen LogP contribution < -0.4 is 4.74 Å². The summed E-state index contributed by atoms with van der Waals surface area (Å²) in [4.78, 5) is 26.6. The van der Waals surface area contributed by atoms with E-state index in [-0.39, 0.29) is 5.91 Å². The van der Waals surface area contributed by atoms with Gasteiger partial charge in [-0.25, -0.2) is 9.97 Å². The summed E-state index contributed by atoms with van der Waals surface area (Å²) in [5, 5.41) is 0. The van der Waals surface area contributed by atoms with E-state index < -0.39 is 0 Å². The summed E-state index contributed by atoms with van der Waals surface area (Å²) in [6.07, 6.45) is 7.66. The average Bonchev–Trinajstić information content (AvgIpc) is 2.77. The number of carbonyl (C=O) groups is 1. The number of fused-ring (bicyclic) bond motifs is 1. The summed E-state index contributed by atoms with van der Waals surface area (Å²) in [6, 6.07) is 8.26. The molecule has 0 saturated carbocycles. The monoisotopic (exact) mass is 394 g/mol. The zero-order valence-electron chi connectivity index (χ0n) is 17.4. The lowest BCUT2D eigenvalue weighted by Crippen LogP contribution is -2.37. The van der Waals surface area contributed by atoms with Crippen LogP contribution in [0.1, 0.15) is 54.4 Å². The van der Waals surface area contributed by atoms with E-state index >= 15 is 0 Å². The Kier molecular flexibility index (Phi) is 6.09. The molecule has 1 amide bonds. The van der Waals surface area contributed by atoms with Gasteiger partial charge in [-0.2, -0.15) is 0 Å². The van der Waals surface area contributed by atoms with Gasteiger partial charge in [0.1, 0.15) is 11.6 Å². The van der Waals surface area contributed by atoms with Crippen LogP contribution in [0.25, 0.3) is 0 Å². The van der Waals surface area contributed by atoms with Gasteiger partial charge in [-0.15, -0.1) is 0 Å². The molecule has 0 aliphatic carbocycles. The van der Waals surface area contributed by atoms with Crippen LogP contribution in [0.4, 0.5) is 0 Å². The van der Waals surface area contributed by atoms with Crippen LogP contribution in [-0.4, -0.2) is 52.9 Å². The van der Waals surface area contributed by atoms with Gasteiger partial charge < -0.3 is 9.64 Å². The molecule has 2 aliphatic rings. The van der Waals surface area contributed by atoms with Crippen LogP contribution in [0, 0.1) is 0 Å². The van der Waals surface area contributed by atoms with Gasteiger partial charge in [-0.1, -0.05) is 18.6 Å². The van der Waals surface area contributed by atoms with Crippen molar-refractivity contribution in [3.8, 4) is 5.75 Å². The van der Waals surface area contributed by atoms with Crippen molar-refractivity contribution in [2.75, 3.05) is 27.2 Å². The molecule has 3 heterocycles. The second-order valence-electron chi connectivity index (χ2n) is 8.11. The average molecular weight is 395 g/mol. The molecule has 0 spiro atoms. The maximum absolute atomic E-state index is 12.7. The van der Waals surface area contributed by atoms with Gasteiger partial charge in [-0.05, 0) is 50.6 Å². The smallest absolute Gasteiger partial charge is 0.223 e. The number of hydrogen-bond acceptors (Lipinski definition) is 5. The van der Waals surface area contributed by atoms with E-state index in [4.69, 9.17) is 9.72 Å². The maximum Gasteiger partial charge on any atom is 0.223 e. The van der Waals surface area contributed by atoms with Gasteiger partial charge in [0, 0.05) is 37.7 Å². The number of aryl methyl sites for hydroxylation is 1. The number of likely N-dealkylation sites (tertiary alicyclic amines) is 1. The number of piperidine rings is 1. The normalized spacial score (nSPS) is 19.7. The van der Waals surface area contributed by atoms with Crippen molar-refractivity contribution in [3.63, 3.8) is 0 Å². The van der Waals surface area contributed by atoms with Gasteiger partial charge >= 0.3 is 0 Å². The van der Waals surface area contributed by atoms with Crippen LogP contribution in [0.3, 0.4) is 0 Å². The van der Waals surface area contributed by atoms with Gasteiger partial charge in [0.2, 0.25) is 5.91 Å². The number of carbonyl (C=O) groups excluding carboxylic acids is 1. The Morgan fingerprint density at radius 3 is 2.79 bits per heavy atom. The van der Waals surface area contributed by atoms with Gasteiger partial charge in [0.25, 0.3) is 0 Å². The first-order valence-corrected chi connectivity index (χ1v) is 10.6. The van der Waals surface area contributed by atoms with Gasteiger partial charge in [0.15, 0.2) is 0 Å². The summed E-state index contributed by atoms with van der Waals surface area (Å²) in [6.45, 7) is 2.48. The Bertz CT molecular complexity index is 852. The SMILES string of the molecule is COc1ccc(CCC(=O)N2CCc3nc(C4CCCCN4C)ncc3C2)cc1. The molecule has 4 rings (SSSR count). The number of rotatable bonds is 5. The minimum absolute atomic E-state index is 0.197. The second kappa shape index (κ2) is 8.91. The molecule has 1 unspecified atom stereocenters. The number of hydrogen-bond donors (Lipinski definition) is 0. The molecular weight excluding hydrogens is 364 g/mol. The van der Waals surface area contributed by atoms with E-state index in [0.29, 0.717) is 19.0 Å². The van der Waals surface area contributed by atoms with Crippen LogP contribution in [0.2, 0.25) is 0 Å². The first-order valence-electron chi connectivity index (χ1n) is 10.6. The standard InChI is InChI=1S/C23H30N4O2/c1-26-13-4-3-5-21(26)23-24-15-18-16-27(14-12-20(18)25-23)22(28)11-8-17-6-9-19(29-2)10-7-17/h6-7,9-10,15,21H,3-5,8,11-14,16H2,1-2H3. The Hall–Kier alpha value is -2.47. The quantitative estimate of drug-likeness (QED) is 0.780. The van der Waals surface area contributed by atoms with E-state index in [0.717, 1.165) is 60.7 Å². The molecule has 0 bridgehead atoms. The van der Waals surface area contributed by atoms with Crippen molar-refractivity contribution < 1.29 is 9.53 Å². The van der Waals surface area contributed by atoms with E-state index in [1.807, 2.05) is 35.4 Å². The van der Waals surface area contributed by atoms with Crippen LogP contribution in [-0.2, 0) is 24.2 Å². The minimum Gasteiger partial charge on any atom is -0.497 e. The summed E-state index contributed by atoms with van der Waals surface area (Å²) in [5.74, 6) is 1.99. The van der Waals surface area contributed by atoms with Gasteiger partial charge in [-0.3, -0.25) is 9.69 Å². The summed E-state index contributed by atoms with van der Waals surface area (Å²) < 4.78 is 5.19. The third-order valence-electron chi connectivity index (χ3n) is 6.16. The Morgan fingerprint density at radius 1 is 1.21 bits per heavy atom.